The van der Waals surface area contributed by atoms with E-state index in [1.165, 1.54) is 4.31 Å². The van der Waals surface area contributed by atoms with E-state index in [1.54, 1.807) is 52.2 Å². The molecule has 0 radical (unpaired) electrons. The quantitative estimate of drug-likeness (QED) is 0.816. The molecule has 0 atom stereocenters. The van der Waals surface area contributed by atoms with Gasteiger partial charge in [0.05, 0.1) is 4.90 Å². The summed E-state index contributed by atoms with van der Waals surface area (Å²) in [5, 5.41) is 0. The van der Waals surface area contributed by atoms with Crippen LogP contribution in [-0.4, -0.2) is 59.3 Å². The lowest BCUT2D eigenvalue weighted by atomic mass is 10.3. The number of rotatable bonds is 4. The molecule has 7 nitrogen and oxygen atoms in total. The third-order valence-electron chi connectivity index (χ3n) is 4.20. The van der Waals surface area contributed by atoms with Crippen molar-refractivity contribution >= 4 is 15.9 Å². The third-order valence-corrected chi connectivity index (χ3v) is 6.11. The van der Waals surface area contributed by atoms with Crippen molar-refractivity contribution < 1.29 is 13.2 Å². The van der Waals surface area contributed by atoms with E-state index in [2.05, 4.69) is 4.98 Å². The van der Waals surface area contributed by atoms with Crippen LogP contribution in [0.4, 0.5) is 0 Å². The molecule has 1 aliphatic heterocycles. The van der Waals surface area contributed by atoms with Crippen LogP contribution in [0.5, 0.6) is 0 Å². The number of aromatic nitrogens is 2. The topological polar surface area (TPSA) is 75.5 Å². The zero-order valence-corrected chi connectivity index (χ0v) is 14.3. The standard InChI is InChI=1S/C16H20N4O3S/c1-14-17-7-8-19(14)13-16(21)18-9-11-20(12-10-18)24(22,23)15-5-3-2-4-6-15/h2-8H,9-13H2,1H3. The van der Waals surface area contributed by atoms with E-state index in [-0.39, 0.29) is 12.5 Å². The smallest absolute Gasteiger partial charge is 0.243 e. The van der Waals surface area contributed by atoms with Crippen LogP contribution < -0.4 is 0 Å². The maximum absolute atomic E-state index is 12.6. The fraction of sp³-hybridized carbons (Fsp3) is 0.375. The molecule has 0 spiro atoms. The summed E-state index contributed by atoms with van der Waals surface area (Å²) in [6, 6.07) is 8.39. The number of aryl methyl sites for hydroxylation is 1. The molecule has 0 aliphatic carbocycles. The molecular weight excluding hydrogens is 328 g/mol. The number of carbonyl (C=O) groups excluding carboxylic acids is 1. The lowest BCUT2D eigenvalue weighted by Gasteiger charge is -2.34. The minimum Gasteiger partial charge on any atom is -0.339 e. The van der Waals surface area contributed by atoms with Crippen molar-refractivity contribution in [3.63, 3.8) is 0 Å². The van der Waals surface area contributed by atoms with Gasteiger partial charge >= 0.3 is 0 Å². The second-order valence-corrected chi connectivity index (χ2v) is 7.64. The number of nitrogens with zero attached hydrogens (tertiary/aromatic N) is 4. The van der Waals surface area contributed by atoms with Gasteiger partial charge in [0, 0.05) is 38.6 Å². The summed E-state index contributed by atoms with van der Waals surface area (Å²) >= 11 is 0. The van der Waals surface area contributed by atoms with E-state index < -0.39 is 10.0 Å². The van der Waals surface area contributed by atoms with Gasteiger partial charge in [0.25, 0.3) is 0 Å². The first-order valence-corrected chi connectivity index (χ1v) is 9.23. The highest BCUT2D eigenvalue weighted by molar-refractivity contribution is 7.89. The number of hydrogen-bond acceptors (Lipinski definition) is 4. The van der Waals surface area contributed by atoms with Gasteiger partial charge in [0.15, 0.2) is 0 Å². The summed E-state index contributed by atoms with van der Waals surface area (Å²) in [4.78, 5) is 18.4. The van der Waals surface area contributed by atoms with Crippen molar-refractivity contribution in [2.45, 2.75) is 18.4 Å². The van der Waals surface area contributed by atoms with Crippen LogP contribution in [0.15, 0.2) is 47.6 Å². The molecule has 3 rings (SSSR count). The zero-order valence-electron chi connectivity index (χ0n) is 13.5. The lowest BCUT2D eigenvalue weighted by molar-refractivity contribution is -0.133. The highest BCUT2D eigenvalue weighted by atomic mass is 32.2. The van der Waals surface area contributed by atoms with Crippen LogP contribution >= 0.6 is 0 Å². The molecule has 2 heterocycles. The predicted molar refractivity (Wildman–Crippen MR) is 88.7 cm³/mol. The SMILES string of the molecule is Cc1nccn1CC(=O)N1CCN(S(=O)(=O)c2ccccc2)CC1. The Kier molecular flexibility index (Phi) is 4.68. The van der Waals surface area contributed by atoms with Crippen LogP contribution in [0.2, 0.25) is 0 Å². The monoisotopic (exact) mass is 348 g/mol. The summed E-state index contributed by atoms with van der Waals surface area (Å²) < 4.78 is 28.4. The minimum absolute atomic E-state index is 0.0205. The van der Waals surface area contributed by atoms with E-state index in [9.17, 15) is 13.2 Å². The Bertz CT molecular complexity index is 809. The summed E-state index contributed by atoms with van der Waals surface area (Å²) in [6.45, 7) is 3.50. The van der Waals surface area contributed by atoms with Crippen LogP contribution in [0.1, 0.15) is 5.82 Å². The Balaban J connectivity index is 1.62. The number of benzene rings is 1. The van der Waals surface area contributed by atoms with Crippen LogP contribution in [0.3, 0.4) is 0 Å². The largest absolute Gasteiger partial charge is 0.339 e. The maximum Gasteiger partial charge on any atom is 0.243 e. The average Bonchev–Trinajstić information content (AvgIpc) is 3.00. The molecule has 0 unspecified atom stereocenters. The van der Waals surface area contributed by atoms with Crippen LogP contribution in [0.25, 0.3) is 0 Å². The molecular formula is C16H20N4O3S. The van der Waals surface area contributed by atoms with E-state index in [0.717, 1.165) is 5.82 Å². The summed E-state index contributed by atoms with van der Waals surface area (Å²) in [5.41, 5.74) is 0. The molecule has 1 aromatic carbocycles. The van der Waals surface area contributed by atoms with Gasteiger partial charge in [-0.25, -0.2) is 13.4 Å². The molecule has 8 heteroatoms. The number of piperazine rings is 1. The molecule has 0 saturated carbocycles. The Morgan fingerprint density at radius 3 is 2.38 bits per heavy atom. The van der Waals surface area contributed by atoms with Gasteiger partial charge in [-0.2, -0.15) is 4.31 Å². The molecule has 1 amide bonds. The fourth-order valence-electron chi connectivity index (χ4n) is 2.74. The maximum atomic E-state index is 12.6. The van der Waals surface area contributed by atoms with Gasteiger partial charge in [-0.1, -0.05) is 18.2 Å². The summed E-state index contributed by atoms with van der Waals surface area (Å²) in [5.74, 6) is 0.765. The minimum atomic E-state index is -3.49. The molecule has 1 saturated heterocycles. The molecule has 0 bridgehead atoms. The van der Waals surface area contributed by atoms with E-state index in [1.807, 2.05) is 6.92 Å². The lowest BCUT2D eigenvalue weighted by Crippen LogP contribution is -2.51. The first kappa shape index (κ1) is 16.7. The highest BCUT2D eigenvalue weighted by Crippen LogP contribution is 2.17. The van der Waals surface area contributed by atoms with Crippen molar-refractivity contribution in [3.05, 3.63) is 48.5 Å². The van der Waals surface area contributed by atoms with Gasteiger partial charge in [-0.15, -0.1) is 0 Å². The second-order valence-electron chi connectivity index (χ2n) is 5.70. The Morgan fingerprint density at radius 1 is 1.12 bits per heavy atom. The average molecular weight is 348 g/mol. The molecule has 1 fully saturated rings. The van der Waals surface area contributed by atoms with Crippen molar-refractivity contribution in [2.24, 2.45) is 0 Å². The van der Waals surface area contributed by atoms with Gasteiger partial charge in [0.1, 0.15) is 12.4 Å². The van der Waals surface area contributed by atoms with Crippen molar-refractivity contribution in [1.29, 1.82) is 0 Å². The number of sulfonamides is 1. The summed E-state index contributed by atoms with van der Waals surface area (Å²) in [6.07, 6.45) is 3.43. The molecule has 1 aromatic heterocycles. The number of imidazole rings is 1. The van der Waals surface area contributed by atoms with Crippen LogP contribution in [0, 0.1) is 6.92 Å². The molecule has 128 valence electrons. The predicted octanol–water partition coefficient (Wildman–Crippen LogP) is 0.725. The first-order chi connectivity index (χ1) is 11.5. The molecule has 1 aliphatic rings. The Labute approximate surface area is 141 Å². The number of hydrogen-bond donors (Lipinski definition) is 0. The second kappa shape index (κ2) is 6.74. The van der Waals surface area contributed by atoms with Gasteiger partial charge in [-0.05, 0) is 19.1 Å². The first-order valence-electron chi connectivity index (χ1n) is 7.79. The van der Waals surface area contributed by atoms with Crippen molar-refractivity contribution in [1.82, 2.24) is 18.8 Å². The van der Waals surface area contributed by atoms with Gasteiger partial charge < -0.3 is 9.47 Å². The third kappa shape index (κ3) is 3.34. The van der Waals surface area contributed by atoms with E-state index in [0.29, 0.717) is 31.1 Å². The number of carbonyl (C=O) groups is 1. The Morgan fingerprint density at radius 2 is 1.79 bits per heavy atom. The molecule has 2 aromatic rings. The van der Waals surface area contributed by atoms with Crippen LogP contribution in [-0.2, 0) is 21.4 Å². The fourth-order valence-corrected chi connectivity index (χ4v) is 4.18. The van der Waals surface area contributed by atoms with Gasteiger partial charge in [-0.3, -0.25) is 4.79 Å². The van der Waals surface area contributed by atoms with Crippen molar-refractivity contribution in [3.8, 4) is 0 Å². The van der Waals surface area contributed by atoms with Crippen molar-refractivity contribution in [2.75, 3.05) is 26.2 Å². The zero-order chi connectivity index (χ0) is 17.2. The van der Waals surface area contributed by atoms with Gasteiger partial charge in [0.2, 0.25) is 15.9 Å². The number of amides is 1. The van der Waals surface area contributed by atoms with E-state index >= 15 is 0 Å². The highest BCUT2D eigenvalue weighted by Gasteiger charge is 2.29. The normalized spacial score (nSPS) is 16.3. The summed E-state index contributed by atoms with van der Waals surface area (Å²) in [7, 11) is -3.49. The van der Waals surface area contributed by atoms with E-state index in [4.69, 9.17) is 0 Å². The molecule has 24 heavy (non-hydrogen) atoms. The Hall–Kier alpha value is -2.19. The molecule has 0 N–H and O–H groups in total.